The van der Waals surface area contributed by atoms with Crippen LogP contribution < -0.4 is 4.74 Å². The Morgan fingerprint density at radius 3 is 3.00 bits per heavy atom. The Hall–Kier alpha value is -2.30. The lowest BCUT2D eigenvalue weighted by Crippen LogP contribution is -1.96. The molecular formula is C10H8N2O3. The minimum atomic E-state index is -0.981. The molecule has 0 bridgehead atoms. The van der Waals surface area contributed by atoms with Crippen molar-refractivity contribution in [3.8, 4) is 11.6 Å². The Labute approximate surface area is 85.4 Å². The van der Waals surface area contributed by atoms with Crippen molar-refractivity contribution in [3.63, 3.8) is 0 Å². The largest absolute Gasteiger partial charge is 0.478 e. The zero-order valence-corrected chi connectivity index (χ0v) is 7.68. The van der Waals surface area contributed by atoms with Crippen molar-refractivity contribution in [3.05, 3.63) is 42.4 Å². The van der Waals surface area contributed by atoms with Crippen molar-refractivity contribution >= 4 is 5.97 Å². The van der Waals surface area contributed by atoms with Crippen molar-refractivity contribution in [1.29, 1.82) is 0 Å². The maximum absolute atomic E-state index is 10.7. The Bertz CT molecular complexity index is 465. The van der Waals surface area contributed by atoms with Crippen LogP contribution in [-0.2, 0) is 0 Å². The molecular weight excluding hydrogens is 196 g/mol. The summed E-state index contributed by atoms with van der Waals surface area (Å²) < 4.78 is 5.33. The number of ether oxygens (including phenoxy) is 1. The smallest absolute Gasteiger partial charge is 0.335 e. The van der Waals surface area contributed by atoms with Crippen LogP contribution in [0.2, 0.25) is 0 Å². The summed E-state index contributed by atoms with van der Waals surface area (Å²) in [5, 5.41) is 8.76. The summed E-state index contributed by atoms with van der Waals surface area (Å²) in [4.78, 5) is 17.2. The molecule has 0 amide bonds. The molecule has 0 aliphatic carbocycles. The zero-order valence-electron chi connectivity index (χ0n) is 7.68. The third-order valence-electron chi connectivity index (χ3n) is 1.78. The first kappa shape index (κ1) is 9.26. The molecule has 2 aromatic rings. The van der Waals surface area contributed by atoms with E-state index in [-0.39, 0.29) is 5.56 Å². The van der Waals surface area contributed by atoms with Crippen molar-refractivity contribution in [2.75, 3.05) is 0 Å². The van der Waals surface area contributed by atoms with Gasteiger partial charge in [0.25, 0.3) is 0 Å². The number of hydrogen-bond donors (Lipinski definition) is 2. The zero-order chi connectivity index (χ0) is 10.7. The first-order valence-corrected chi connectivity index (χ1v) is 4.25. The number of carboxylic acid groups (broad SMARTS) is 1. The van der Waals surface area contributed by atoms with Crippen LogP contribution in [0.25, 0.3) is 0 Å². The van der Waals surface area contributed by atoms with Gasteiger partial charge < -0.3 is 14.8 Å². The second-order valence-electron chi connectivity index (χ2n) is 2.85. The standard InChI is InChI=1S/C10H8N2O3/c13-10(14)7-2-1-3-8(4-7)15-9-5-11-6-12-9/h1-6H,(H,11,12)(H,13,14). The van der Waals surface area contributed by atoms with E-state index in [1.54, 1.807) is 12.1 Å². The SMILES string of the molecule is O=C(O)c1cccc(Oc2cnc[nH]2)c1. The quantitative estimate of drug-likeness (QED) is 0.800. The third-order valence-corrected chi connectivity index (χ3v) is 1.78. The van der Waals surface area contributed by atoms with Crippen molar-refractivity contribution in [1.82, 2.24) is 9.97 Å². The number of nitrogens with one attached hydrogen (secondary N) is 1. The van der Waals surface area contributed by atoms with Gasteiger partial charge in [0.1, 0.15) is 5.75 Å². The fourth-order valence-corrected chi connectivity index (χ4v) is 1.12. The molecule has 0 fully saturated rings. The molecule has 1 heterocycles. The molecule has 0 unspecified atom stereocenters. The highest BCUT2D eigenvalue weighted by molar-refractivity contribution is 5.88. The highest BCUT2D eigenvalue weighted by Gasteiger charge is 2.04. The van der Waals surface area contributed by atoms with Gasteiger partial charge in [-0.25, -0.2) is 9.78 Å². The molecule has 2 N–H and O–H groups in total. The molecule has 0 aliphatic heterocycles. The number of aromatic carboxylic acids is 1. The number of nitrogens with zero attached hydrogens (tertiary/aromatic N) is 1. The number of carbonyl (C=O) groups is 1. The average Bonchev–Trinajstić information content (AvgIpc) is 2.71. The first-order chi connectivity index (χ1) is 7.25. The van der Waals surface area contributed by atoms with E-state index >= 15 is 0 Å². The number of rotatable bonds is 3. The predicted octanol–water partition coefficient (Wildman–Crippen LogP) is 1.90. The topological polar surface area (TPSA) is 75.2 Å². The highest BCUT2D eigenvalue weighted by Crippen LogP contribution is 2.19. The molecule has 76 valence electrons. The molecule has 1 aromatic carbocycles. The van der Waals surface area contributed by atoms with Gasteiger partial charge in [0.15, 0.2) is 0 Å². The van der Waals surface area contributed by atoms with Gasteiger partial charge in [-0.3, -0.25) is 0 Å². The molecule has 5 heteroatoms. The lowest BCUT2D eigenvalue weighted by molar-refractivity contribution is 0.0696. The van der Waals surface area contributed by atoms with Crippen LogP contribution in [0.1, 0.15) is 10.4 Å². The van der Waals surface area contributed by atoms with E-state index in [1.807, 2.05) is 0 Å². The lowest BCUT2D eigenvalue weighted by Gasteiger charge is -2.02. The van der Waals surface area contributed by atoms with Crippen LogP contribution >= 0.6 is 0 Å². The number of carboxylic acids is 1. The van der Waals surface area contributed by atoms with Gasteiger partial charge in [-0.15, -0.1) is 0 Å². The van der Waals surface area contributed by atoms with Gasteiger partial charge >= 0.3 is 5.97 Å². The maximum atomic E-state index is 10.7. The second kappa shape index (κ2) is 3.83. The average molecular weight is 204 g/mol. The lowest BCUT2D eigenvalue weighted by atomic mass is 10.2. The van der Waals surface area contributed by atoms with Crippen LogP contribution in [0.5, 0.6) is 11.6 Å². The Kier molecular flexibility index (Phi) is 2.37. The van der Waals surface area contributed by atoms with Gasteiger partial charge in [0, 0.05) is 0 Å². The summed E-state index contributed by atoms with van der Waals surface area (Å²) in [5.41, 5.74) is 0.187. The predicted molar refractivity (Wildman–Crippen MR) is 52.1 cm³/mol. The van der Waals surface area contributed by atoms with Crippen molar-refractivity contribution in [2.24, 2.45) is 0 Å². The van der Waals surface area contributed by atoms with Crippen LogP contribution in [0.15, 0.2) is 36.8 Å². The Balaban J connectivity index is 2.22. The van der Waals surface area contributed by atoms with Gasteiger partial charge in [0.05, 0.1) is 18.1 Å². The molecule has 0 atom stereocenters. The van der Waals surface area contributed by atoms with Crippen molar-refractivity contribution < 1.29 is 14.6 Å². The summed E-state index contributed by atoms with van der Waals surface area (Å²) in [5.74, 6) is -0.0539. The van der Waals surface area contributed by atoms with E-state index in [0.717, 1.165) is 0 Å². The molecule has 0 spiro atoms. The molecule has 2 rings (SSSR count). The molecule has 1 aromatic heterocycles. The van der Waals surface area contributed by atoms with Crippen LogP contribution in [0.4, 0.5) is 0 Å². The summed E-state index contributed by atoms with van der Waals surface area (Å²) in [6, 6.07) is 6.24. The first-order valence-electron chi connectivity index (χ1n) is 4.25. The monoisotopic (exact) mass is 204 g/mol. The summed E-state index contributed by atoms with van der Waals surface area (Å²) >= 11 is 0. The number of benzene rings is 1. The second-order valence-corrected chi connectivity index (χ2v) is 2.85. The summed E-state index contributed by atoms with van der Waals surface area (Å²) in [7, 11) is 0. The van der Waals surface area contributed by atoms with E-state index < -0.39 is 5.97 Å². The van der Waals surface area contributed by atoms with Crippen molar-refractivity contribution in [2.45, 2.75) is 0 Å². The number of imidazole rings is 1. The van der Waals surface area contributed by atoms with Gasteiger partial charge in [-0.2, -0.15) is 0 Å². The van der Waals surface area contributed by atoms with E-state index in [1.165, 1.54) is 24.7 Å². The van der Waals surface area contributed by atoms with E-state index in [4.69, 9.17) is 9.84 Å². The van der Waals surface area contributed by atoms with Gasteiger partial charge in [-0.05, 0) is 18.2 Å². The minimum absolute atomic E-state index is 0.187. The number of aromatic amines is 1. The van der Waals surface area contributed by atoms with E-state index in [0.29, 0.717) is 11.6 Å². The molecule has 0 radical (unpaired) electrons. The summed E-state index contributed by atoms with van der Waals surface area (Å²) in [6.45, 7) is 0. The number of hydrogen-bond acceptors (Lipinski definition) is 3. The Morgan fingerprint density at radius 2 is 2.33 bits per heavy atom. The Morgan fingerprint density at radius 1 is 1.47 bits per heavy atom. The minimum Gasteiger partial charge on any atom is -0.478 e. The number of H-pyrrole nitrogens is 1. The molecule has 0 saturated carbocycles. The molecule has 0 saturated heterocycles. The number of aromatic nitrogens is 2. The van der Waals surface area contributed by atoms with Crippen LogP contribution in [-0.4, -0.2) is 21.0 Å². The highest BCUT2D eigenvalue weighted by atomic mass is 16.5. The molecule has 0 aliphatic rings. The van der Waals surface area contributed by atoms with Gasteiger partial charge in [-0.1, -0.05) is 6.07 Å². The summed E-state index contributed by atoms with van der Waals surface area (Å²) in [6.07, 6.45) is 2.99. The van der Waals surface area contributed by atoms with E-state index in [2.05, 4.69) is 9.97 Å². The molecule has 15 heavy (non-hydrogen) atoms. The fourth-order valence-electron chi connectivity index (χ4n) is 1.12. The maximum Gasteiger partial charge on any atom is 0.335 e. The molecule has 5 nitrogen and oxygen atoms in total. The van der Waals surface area contributed by atoms with Crippen LogP contribution in [0.3, 0.4) is 0 Å². The van der Waals surface area contributed by atoms with Gasteiger partial charge in [0.2, 0.25) is 5.88 Å². The van der Waals surface area contributed by atoms with E-state index in [9.17, 15) is 4.79 Å². The van der Waals surface area contributed by atoms with Crippen LogP contribution in [0, 0.1) is 0 Å². The fraction of sp³-hybridized carbons (Fsp3) is 0. The third kappa shape index (κ3) is 2.14. The normalized spacial score (nSPS) is 9.87.